The van der Waals surface area contributed by atoms with Crippen molar-refractivity contribution in [3.05, 3.63) is 76.9 Å². The fourth-order valence-corrected chi connectivity index (χ4v) is 3.55. The summed E-state index contributed by atoms with van der Waals surface area (Å²) in [5, 5.41) is 10.5. The minimum Gasteiger partial charge on any atom is -0.492 e. The molecule has 0 unspecified atom stereocenters. The highest BCUT2D eigenvalue weighted by Crippen LogP contribution is 2.23. The zero-order chi connectivity index (χ0) is 23.8. The highest BCUT2D eigenvalue weighted by molar-refractivity contribution is 6.10. The number of nitrogens with one attached hydrogen (secondary N) is 2. The van der Waals surface area contributed by atoms with Gasteiger partial charge in [-0.05, 0) is 76.1 Å². The Hall–Kier alpha value is -3.68. The molecule has 3 aromatic rings. The number of aryl methyl sites for hydroxylation is 2. The topological polar surface area (TPSA) is 80.5 Å². The lowest BCUT2D eigenvalue weighted by Gasteiger charge is -2.15. The van der Waals surface area contributed by atoms with Gasteiger partial charge in [-0.15, -0.1) is 0 Å². The van der Waals surface area contributed by atoms with Crippen molar-refractivity contribution >= 4 is 17.6 Å². The molecule has 0 aliphatic heterocycles. The summed E-state index contributed by atoms with van der Waals surface area (Å²) in [6.45, 7) is 9.77. The molecule has 0 saturated carbocycles. The molecule has 0 saturated heterocycles. The van der Waals surface area contributed by atoms with Gasteiger partial charge in [-0.1, -0.05) is 12.1 Å². The molecule has 1 amide bonds. The van der Waals surface area contributed by atoms with Crippen LogP contribution in [0.1, 0.15) is 41.2 Å². The van der Waals surface area contributed by atoms with Gasteiger partial charge in [0.25, 0.3) is 5.91 Å². The second-order valence-corrected chi connectivity index (χ2v) is 7.46. The Balaban J connectivity index is 1.82. The van der Waals surface area contributed by atoms with Gasteiger partial charge in [0.15, 0.2) is 0 Å². The standard InChI is InChI=1S/C25H30FN5O2/c1-5-31-18(4)21(17(3)30-31)15-16-27-25(28-22-9-7-8-10-23(22)33-6-2)29-24(32)19-11-13-20(26)14-12-19/h7-14H,5-6,15-16H2,1-4H3,(H2,27,28,29,32). The number of halogens is 1. The summed E-state index contributed by atoms with van der Waals surface area (Å²) in [6.07, 6.45) is 0.683. The van der Waals surface area contributed by atoms with Crippen molar-refractivity contribution < 1.29 is 13.9 Å². The Labute approximate surface area is 193 Å². The molecule has 0 atom stereocenters. The summed E-state index contributed by atoms with van der Waals surface area (Å²) in [5.74, 6) is 0.151. The average molecular weight is 452 g/mol. The van der Waals surface area contributed by atoms with Gasteiger partial charge in [0.05, 0.1) is 18.0 Å². The van der Waals surface area contributed by atoms with Gasteiger partial charge in [0, 0.05) is 24.3 Å². The maximum Gasteiger partial charge on any atom is 0.257 e. The van der Waals surface area contributed by atoms with E-state index >= 15 is 0 Å². The van der Waals surface area contributed by atoms with E-state index in [1.807, 2.05) is 42.8 Å². The molecule has 0 spiro atoms. The first kappa shape index (κ1) is 24.0. The van der Waals surface area contributed by atoms with Gasteiger partial charge in [0.2, 0.25) is 5.96 Å². The average Bonchev–Trinajstić information content (AvgIpc) is 3.08. The minimum absolute atomic E-state index is 0.287. The molecule has 8 heteroatoms. The van der Waals surface area contributed by atoms with Crippen LogP contribution in [0.4, 0.5) is 10.1 Å². The van der Waals surface area contributed by atoms with Crippen LogP contribution < -0.4 is 15.4 Å². The van der Waals surface area contributed by atoms with Crippen molar-refractivity contribution in [1.82, 2.24) is 15.1 Å². The first-order chi connectivity index (χ1) is 15.9. The number of aliphatic imine (C=N–C) groups is 1. The van der Waals surface area contributed by atoms with Crippen LogP contribution in [-0.4, -0.2) is 34.8 Å². The van der Waals surface area contributed by atoms with Crippen LogP contribution in [0.5, 0.6) is 5.75 Å². The predicted octanol–water partition coefficient (Wildman–Crippen LogP) is 4.50. The number of carbonyl (C=O) groups excluding carboxylic acids is 1. The SMILES string of the molecule is CCOc1ccccc1NC(=NCCc1c(C)nn(CC)c1C)NC(=O)c1ccc(F)cc1. The number of para-hydroxylation sites is 2. The predicted molar refractivity (Wildman–Crippen MR) is 128 cm³/mol. The molecule has 3 rings (SSSR count). The molecule has 1 heterocycles. The molecule has 7 nitrogen and oxygen atoms in total. The number of carbonyl (C=O) groups is 1. The molecular formula is C25H30FN5O2. The van der Waals surface area contributed by atoms with Crippen molar-refractivity contribution in [2.24, 2.45) is 4.99 Å². The molecule has 0 aliphatic carbocycles. The summed E-state index contributed by atoms with van der Waals surface area (Å²) >= 11 is 0. The number of anilines is 1. The number of guanidine groups is 1. The van der Waals surface area contributed by atoms with E-state index in [1.54, 1.807) is 0 Å². The highest BCUT2D eigenvalue weighted by atomic mass is 19.1. The van der Waals surface area contributed by atoms with Crippen molar-refractivity contribution in [3.63, 3.8) is 0 Å². The second-order valence-electron chi connectivity index (χ2n) is 7.46. The monoisotopic (exact) mass is 451 g/mol. The first-order valence-electron chi connectivity index (χ1n) is 11.1. The van der Waals surface area contributed by atoms with Gasteiger partial charge in [-0.25, -0.2) is 4.39 Å². The molecule has 2 aromatic carbocycles. The fraction of sp³-hybridized carbons (Fsp3) is 0.320. The Morgan fingerprint density at radius 3 is 2.52 bits per heavy atom. The number of ether oxygens (including phenoxy) is 1. The van der Waals surface area contributed by atoms with Gasteiger partial charge < -0.3 is 10.1 Å². The number of rotatable bonds is 8. The molecule has 0 radical (unpaired) electrons. The Morgan fingerprint density at radius 2 is 1.85 bits per heavy atom. The van der Waals surface area contributed by atoms with Crippen LogP contribution in [-0.2, 0) is 13.0 Å². The molecule has 33 heavy (non-hydrogen) atoms. The molecule has 0 fully saturated rings. The molecular weight excluding hydrogens is 421 g/mol. The number of nitrogens with zero attached hydrogens (tertiary/aromatic N) is 3. The van der Waals surface area contributed by atoms with E-state index in [1.165, 1.54) is 24.3 Å². The maximum absolute atomic E-state index is 13.2. The quantitative estimate of drug-likeness (QED) is 0.390. The molecule has 2 N–H and O–H groups in total. The smallest absolute Gasteiger partial charge is 0.257 e. The van der Waals surface area contributed by atoms with E-state index in [2.05, 4.69) is 34.6 Å². The van der Waals surface area contributed by atoms with E-state index in [0.717, 1.165) is 23.5 Å². The lowest BCUT2D eigenvalue weighted by molar-refractivity contribution is 0.0977. The van der Waals surface area contributed by atoms with Gasteiger partial charge >= 0.3 is 0 Å². The Morgan fingerprint density at radius 1 is 1.12 bits per heavy atom. The first-order valence-corrected chi connectivity index (χ1v) is 11.1. The number of aromatic nitrogens is 2. The largest absolute Gasteiger partial charge is 0.492 e. The summed E-state index contributed by atoms with van der Waals surface area (Å²) in [6, 6.07) is 12.8. The number of benzene rings is 2. The number of amides is 1. The summed E-state index contributed by atoms with van der Waals surface area (Å²) in [5.41, 5.74) is 4.27. The lowest BCUT2D eigenvalue weighted by atomic mass is 10.1. The summed E-state index contributed by atoms with van der Waals surface area (Å²) in [7, 11) is 0. The zero-order valence-corrected chi connectivity index (χ0v) is 19.5. The Bertz CT molecular complexity index is 1120. The van der Waals surface area contributed by atoms with Crippen LogP contribution in [0.2, 0.25) is 0 Å². The molecule has 0 bridgehead atoms. The third kappa shape index (κ3) is 6.19. The fourth-order valence-electron chi connectivity index (χ4n) is 3.55. The minimum atomic E-state index is -0.400. The van der Waals surface area contributed by atoms with Crippen molar-refractivity contribution in [2.75, 3.05) is 18.5 Å². The van der Waals surface area contributed by atoms with E-state index in [9.17, 15) is 9.18 Å². The third-order valence-electron chi connectivity index (χ3n) is 5.24. The van der Waals surface area contributed by atoms with Gasteiger partial charge in [-0.2, -0.15) is 5.10 Å². The van der Waals surface area contributed by atoms with E-state index in [0.29, 0.717) is 36.6 Å². The third-order valence-corrected chi connectivity index (χ3v) is 5.24. The van der Waals surface area contributed by atoms with Crippen molar-refractivity contribution in [3.8, 4) is 5.75 Å². The van der Waals surface area contributed by atoms with Gasteiger partial charge in [0.1, 0.15) is 11.6 Å². The van der Waals surface area contributed by atoms with Crippen LogP contribution in [0.25, 0.3) is 0 Å². The number of hydrogen-bond acceptors (Lipinski definition) is 4. The maximum atomic E-state index is 13.2. The van der Waals surface area contributed by atoms with Gasteiger partial charge in [-0.3, -0.25) is 19.8 Å². The van der Waals surface area contributed by atoms with Crippen LogP contribution in [0.15, 0.2) is 53.5 Å². The van der Waals surface area contributed by atoms with Crippen molar-refractivity contribution in [2.45, 2.75) is 40.7 Å². The van der Waals surface area contributed by atoms with E-state index < -0.39 is 5.82 Å². The highest BCUT2D eigenvalue weighted by Gasteiger charge is 2.13. The molecule has 1 aromatic heterocycles. The summed E-state index contributed by atoms with van der Waals surface area (Å²) in [4.78, 5) is 17.4. The number of hydrogen-bond donors (Lipinski definition) is 2. The van der Waals surface area contributed by atoms with E-state index in [-0.39, 0.29) is 11.9 Å². The second kappa shape index (κ2) is 11.3. The molecule has 174 valence electrons. The van der Waals surface area contributed by atoms with Crippen molar-refractivity contribution in [1.29, 1.82) is 0 Å². The zero-order valence-electron chi connectivity index (χ0n) is 19.5. The van der Waals surface area contributed by atoms with E-state index in [4.69, 9.17) is 4.74 Å². The Kier molecular flexibility index (Phi) is 8.18. The van der Waals surface area contributed by atoms with Crippen LogP contribution in [0, 0.1) is 19.7 Å². The van der Waals surface area contributed by atoms with Crippen LogP contribution >= 0.6 is 0 Å². The summed E-state index contributed by atoms with van der Waals surface area (Å²) < 4.78 is 20.9. The molecule has 0 aliphatic rings. The normalized spacial score (nSPS) is 11.4. The van der Waals surface area contributed by atoms with Crippen LogP contribution in [0.3, 0.4) is 0 Å². The lowest BCUT2D eigenvalue weighted by Crippen LogP contribution is -2.36.